The number of hydrogen-bond donors (Lipinski definition) is 1. The minimum atomic E-state index is -0.775. The van der Waals surface area contributed by atoms with E-state index in [1.807, 2.05) is 11.8 Å². The molecule has 1 aliphatic carbocycles. The summed E-state index contributed by atoms with van der Waals surface area (Å²) in [7, 11) is 0. The molecule has 1 aliphatic heterocycles. The monoisotopic (exact) mass is 265 g/mol. The molecule has 1 heterocycles. The van der Waals surface area contributed by atoms with Crippen LogP contribution in [0.5, 0.6) is 0 Å². The molecule has 0 spiro atoms. The number of carboxylic acids is 1. The molecule has 0 aromatic carbocycles. The van der Waals surface area contributed by atoms with Crippen LogP contribution in [0.25, 0.3) is 0 Å². The van der Waals surface area contributed by atoms with Crippen molar-refractivity contribution in [2.24, 2.45) is 5.92 Å². The van der Waals surface area contributed by atoms with Crippen LogP contribution < -0.4 is 0 Å². The summed E-state index contributed by atoms with van der Waals surface area (Å²) in [4.78, 5) is 24.9. The maximum Gasteiger partial charge on any atom is 0.303 e. The molecule has 1 unspecified atom stereocenters. The highest BCUT2D eigenvalue weighted by atomic mass is 16.4. The molecule has 106 valence electrons. The third-order valence-corrected chi connectivity index (χ3v) is 4.17. The molecule has 4 heteroatoms. The van der Waals surface area contributed by atoms with Crippen molar-refractivity contribution >= 4 is 11.9 Å². The first-order chi connectivity index (χ1) is 9.08. The zero-order valence-electron chi connectivity index (χ0n) is 11.6. The standard InChI is InChI=1S/C15H23NO3/c1-11(12-5-6-12)10-14(17)16-9-3-2-4-13(16)7-8-15(18)19/h10,12-13H,2-9H2,1H3,(H,18,19). The van der Waals surface area contributed by atoms with Gasteiger partial charge in [0.2, 0.25) is 5.91 Å². The van der Waals surface area contributed by atoms with Crippen LogP contribution in [0.15, 0.2) is 11.6 Å². The second-order valence-corrected chi connectivity index (χ2v) is 5.78. The number of carbonyl (C=O) groups excluding carboxylic acids is 1. The molecular weight excluding hydrogens is 242 g/mol. The summed E-state index contributed by atoms with van der Waals surface area (Å²) >= 11 is 0. The Kier molecular flexibility index (Phi) is 4.61. The quantitative estimate of drug-likeness (QED) is 0.777. The van der Waals surface area contributed by atoms with Crippen LogP contribution in [-0.4, -0.2) is 34.5 Å². The molecule has 2 rings (SSSR count). The third-order valence-electron chi connectivity index (χ3n) is 4.17. The topological polar surface area (TPSA) is 57.6 Å². The Morgan fingerprint density at radius 2 is 2.00 bits per heavy atom. The zero-order chi connectivity index (χ0) is 13.8. The summed E-state index contributed by atoms with van der Waals surface area (Å²) in [6.07, 6.45) is 7.99. The maximum atomic E-state index is 12.3. The third kappa shape index (κ3) is 4.08. The number of likely N-dealkylation sites (tertiary alicyclic amines) is 1. The summed E-state index contributed by atoms with van der Waals surface area (Å²) in [5.41, 5.74) is 1.19. The predicted octanol–water partition coefficient (Wildman–Crippen LogP) is 2.59. The number of aliphatic carboxylic acids is 1. The van der Waals surface area contributed by atoms with E-state index in [2.05, 4.69) is 0 Å². The number of carbonyl (C=O) groups is 2. The van der Waals surface area contributed by atoms with Gasteiger partial charge in [0.25, 0.3) is 0 Å². The second kappa shape index (κ2) is 6.22. The van der Waals surface area contributed by atoms with Crippen molar-refractivity contribution in [2.45, 2.75) is 57.9 Å². The van der Waals surface area contributed by atoms with Gasteiger partial charge in [0.1, 0.15) is 0 Å². The van der Waals surface area contributed by atoms with Gasteiger partial charge in [0.05, 0.1) is 0 Å². The summed E-state index contributed by atoms with van der Waals surface area (Å²) in [6, 6.07) is 0.112. The van der Waals surface area contributed by atoms with Gasteiger partial charge in [-0.3, -0.25) is 9.59 Å². The first-order valence-corrected chi connectivity index (χ1v) is 7.28. The van der Waals surface area contributed by atoms with Crippen LogP contribution in [-0.2, 0) is 9.59 Å². The van der Waals surface area contributed by atoms with Gasteiger partial charge in [0, 0.05) is 25.1 Å². The number of amides is 1. The highest BCUT2D eigenvalue weighted by molar-refractivity contribution is 5.88. The molecule has 0 radical (unpaired) electrons. The van der Waals surface area contributed by atoms with Gasteiger partial charge in [-0.05, 0) is 51.4 Å². The molecule has 0 bridgehead atoms. The minimum absolute atomic E-state index is 0.0829. The van der Waals surface area contributed by atoms with Crippen LogP contribution in [0.2, 0.25) is 0 Å². The van der Waals surface area contributed by atoms with E-state index in [1.54, 1.807) is 6.08 Å². The Balaban J connectivity index is 1.95. The van der Waals surface area contributed by atoms with Crippen molar-refractivity contribution in [3.05, 3.63) is 11.6 Å². The van der Waals surface area contributed by atoms with Crippen LogP contribution >= 0.6 is 0 Å². The van der Waals surface area contributed by atoms with Crippen molar-refractivity contribution in [3.63, 3.8) is 0 Å². The second-order valence-electron chi connectivity index (χ2n) is 5.78. The van der Waals surface area contributed by atoms with Crippen LogP contribution in [0, 0.1) is 5.92 Å². The Morgan fingerprint density at radius 3 is 2.63 bits per heavy atom. The lowest BCUT2D eigenvalue weighted by molar-refractivity contribution is -0.138. The van der Waals surface area contributed by atoms with Gasteiger partial charge in [-0.2, -0.15) is 0 Å². The number of carboxylic acid groups (broad SMARTS) is 1. The van der Waals surface area contributed by atoms with Crippen molar-refractivity contribution < 1.29 is 14.7 Å². The first kappa shape index (κ1) is 14.1. The van der Waals surface area contributed by atoms with Crippen LogP contribution in [0.1, 0.15) is 51.9 Å². The fraction of sp³-hybridized carbons (Fsp3) is 0.733. The molecule has 1 saturated carbocycles. The van der Waals surface area contributed by atoms with Gasteiger partial charge < -0.3 is 10.0 Å². The lowest BCUT2D eigenvalue weighted by atomic mass is 9.97. The number of rotatable bonds is 5. The van der Waals surface area contributed by atoms with E-state index in [0.29, 0.717) is 12.3 Å². The highest BCUT2D eigenvalue weighted by Gasteiger charge is 2.28. The molecule has 1 amide bonds. The van der Waals surface area contributed by atoms with Crippen molar-refractivity contribution in [2.75, 3.05) is 6.54 Å². The SMILES string of the molecule is CC(=CC(=O)N1CCCCC1CCC(=O)O)C1CC1. The number of nitrogens with zero attached hydrogens (tertiary/aromatic N) is 1. The van der Waals surface area contributed by atoms with E-state index < -0.39 is 5.97 Å². The molecule has 0 aromatic heterocycles. The van der Waals surface area contributed by atoms with Gasteiger partial charge in [-0.25, -0.2) is 0 Å². The first-order valence-electron chi connectivity index (χ1n) is 7.28. The maximum absolute atomic E-state index is 12.3. The Bertz CT molecular complexity index is 385. The lowest BCUT2D eigenvalue weighted by Gasteiger charge is -2.35. The lowest BCUT2D eigenvalue weighted by Crippen LogP contribution is -2.43. The molecule has 19 heavy (non-hydrogen) atoms. The smallest absolute Gasteiger partial charge is 0.303 e. The summed E-state index contributed by atoms with van der Waals surface area (Å²) in [5.74, 6) is -0.0756. The highest BCUT2D eigenvalue weighted by Crippen LogP contribution is 2.36. The zero-order valence-corrected chi connectivity index (χ0v) is 11.6. The van der Waals surface area contributed by atoms with Crippen molar-refractivity contribution in [1.82, 2.24) is 4.90 Å². The minimum Gasteiger partial charge on any atom is -0.481 e. The largest absolute Gasteiger partial charge is 0.481 e. The van der Waals surface area contributed by atoms with Gasteiger partial charge in [0.15, 0.2) is 0 Å². The van der Waals surface area contributed by atoms with Gasteiger partial charge >= 0.3 is 5.97 Å². The van der Waals surface area contributed by atoms with E-state index in [1.165, 1.54) is 18.4 Å². The van der Waals surface area contributed by atoms with E-state index in [9.17, 15) is 9.59 Å². The molecule has 1 saturated heterocycles. The summed E-state index contributed by atoms with van der Waals surface area (Å²) in [5, 5.41) is 8.78. The number of piperidine rings is 1. The van der Waals surface area contributed by atoms with Crippen molar-refractivity contribution in [1.29, 1.82) is 0 Å². The molecular formula is C15H23NO3. The molecule has 2 fully saturated rings. The van der Waals surface area contributed by atoms with E-state index in [4.69, 9.17) is 5.11 Å². The number of allylic oxidation sites excluding steroid dienone is 1. The summed E-state index contributed by atoms with van der Waals surface area (Å²) in [6.45, 7) is 2.81. The Labute approximate surface area is 114 Å². The fourth-order valence-corrected chi connectivity index (χ4v) is 2.82. The molecule has 4 nitrogen and oxygen atoms in total. The number of hydrogen-bond acceptors (Lipinski definition) is 2. The molecule has 2 aliphatic rings. The van der Waals surface area contributed by atoms with Crippen LogP contribution in [0.3, 0.4) is 0 Å². The van der Waals surface area contributed by atoms with E-state index >= 15 is 0 Å². The summed E-state index contributed by atoms with van der Waals surface area (Å²) < 4.78 is 0. The predicted molar refractivity (Wildman–Crippen MR) is 72.7 cm³/mol. The van der Waals surface area contributed by atoms with Crippen LogP contribution in [0.4, 0.5) is 0 Å². The average Bonchev–Trinajstić information content (AvgIpc) is 3.20. The fourth-order valence-electron chi connectivity index (χ4n) is 2.82. The van der Waals surface area contributed by atoms with Gasteiger partial charge in [-0.1, -0.05) is 5.57 Å². The molecule has 1 atom stereocenters. The van der Waals surface area contributed by atoms with E-state index in [-0.39, 0.29) is 18.4 Å². The van der Waals surface area contributed by atoms with Gasteiger partial charge in [-0.15, -0.1) is 0 Å². The Hall–Kier alpha value is -1.32. The van der Waals surface area contributed by atoms with Crippen molar-refractivity contribution in [3.8, 4) is 0 Å². The van der Waals surface area contributed by atoms with E-state index in [0.717, 1.165) is 25.8 Å². The molecule has 0 aromatic rings. The normalized spacial score (nSPS) is 24.4. The average molecular weight is 265 g/mol. The molecule has 1 N–H and O–H groups in total. The Morgan fingerprint density at radius 1 is 1.26 bits per heavy atom.